The molecule has 0 spiro atoms. The number of fused-ring (bicyclic) bond motifs is 1. The van der Waals surface area contributed by atoms with Crippen molar-refractivity contribution in [1.29, 1.82) is 0 Å². The largest absolute Gasteiger partial charge is 0.381 e. The molecule has 1 aliphatic heterocycles. The molecular formula is C17H29N3O2. The summed E-state index contributed by atoms with van der Waals surface area (Å²) in [4.78, 5) is 6.91. The molecule has 1 aliphatic carbocycles. The lowest BCUT2D eigenvalue weighted by Crippen LogP contribution is -2.51. The van der Waals surface area contributed by atoms with E-state index in [0.29, 0.717) is 18.2 Å². The van der Waals surface area contributed by atoms with E-state index in [4.69, 9.17) is 9.47 Å². The van der Waals surface area contributed by atoms with E-state index in [1.54, 1.807) is 0 Å². The lowest BCUT2D eigenvalue weighted by Gasteiger charge is -2.43. The van der Waals surface area contributed by atoms with Gasteiger partial charge in [-0.1, -0.05) is 0 Å². The smallest absolute Gasteiger partial charge is 0.0951 e. The molecule has 2 heterocycles. The number of hydrogen-bond donors (Lipinski definition) is 0. The second kappa shape index (κ2) is 6.30. The lowest BCUT2D eigenvalue weighted by atomic mass is 9.79. The van der Waals surface area contributed by atoms with E-state index in [1.807, 2.05) is 26.7 Å². The third-order valence-electron chi connectivity index (χ3n) is 5.65. The lowest BCUT2D eigenvalue weighted by molar-refractivity contribution is -0.0949. The van der Waals surface area contributed by atoms with Gasteiger partial charge in [0.05, 0.1) is 23.7 Å². The van der Waals surface area contributed by atoms with Crippen LogP contribution in [0.25, 0.3) is 0 Å². The zero-order chi connectivity index (χ0) is 15.7. The molecule has 0 aromatic carbocycles. The maximum Gasteiger partial charge on any atom is 0.0951 e. The Morgan fingerprint density at radius 1 is 1.36 bits per heavy atom. The minimum Gasteiger partial charge on any atom is -0.381 e. The predicted molar refractivity (Wildman–Crippen MR) is 85.8 cm³/mol. The Morgan fingerprint density at radius 3 is 2.86 bits per heavy atom. The van der Waals surface area contributed by atoms with Crippen LogP contribution in [-0.2, 0) is 16.0 Å². The number of methoxy groups -OCH3 is 2. The van der Waals surface area contributed by atoms with Crippen LogP contribution in [0.1, 0.15) is 51.3 Å². The second-order valence-electron chi connectivity index (χ2n) is 7.02. The van der Waals surface area contributed by atoms with Crippen molar-refractivity contribution in [2.24, 2.45) is 0 Å². The van der Waals surface area contributed by atoms with E-state index < -0.39 is 0 Å². The maximum absolute atomic E-state index is 6.00. The topological polar surface area (TPSA) is 39.5 Å². The number of likely N-dealkylation sites (tertiary alicyclic amines) is 1. The van der Waals surface area contributed by atoms with Crippen LogP contribution in [0.2, 0.25) is 0 Å². The van der Waals surface area contributed by atoms with Gasteiger partial charge in [-0.15, -0.1) is 0 Å². The molecule has 0 unspecified atom stereocenters. The summed E-state index contributed by atoms with van der Waals surface area (Å²) in [6.07, 6.45) is 8.72. The van der Waals surface area contributed by atoms with Gasteiger partial charge in [-0.25, -0.2) is 4.98 Å². The molecule has 0 amide bonds. The molecular weight excluding hydrogens is 278 g/mol. The molecule has 2 fully saturated rings. The molecule has 0 bridgehead atoms. The van der Waals surface area contributed by atoms with Crippen molar-refractivity contribution < 1.29 is 9.47 Å². The molecule has 0 radical (unpaired) electrons. The Kier molecular flexibility index (Phi) is 4.57. The van der Waals surface area contributed by atoms with Gasteiger partial charge in [-0.2, -0.15) is 0 Å². The summed E-state index contributed by atoms with van der Waals surface area (Å²) in [6.45, 7) is 6.45. The van der Waals surface area contributed by atoms with Gasteiger partial charge in [0, 0.05) is 45.6 Å². The molecule has 1 aromatic rings. The minimum atomic E-state index is 0.0255. The summed E-state index contributed by atoms with van der Waals surface area (Å²) in [5, 5.41) is 0. The van der Waals surface area contributed by atoms with E-state index in [2.05, 4.69) is 28.3 Å². The average molecular weight is 307 g/mol. The Morgan fingerprint density at radius 2 is 2.18 bits per heavy atom. The molecule has 0 N–H and O–H groups in total. The van der Waals surface area contributed by atoms with Gasteiger partial charge in [0.2, 0.25) is 0 Å². The van der Waals surface area contributed by atoms with Crippen molar-refractivity contribution in [3.05, 3.63) is 18.2 Å². The normalized spacial score (nSPS) is 32.6. The average Bonchev–Trinajstić information content (AvgIpc) is 3.13. The van der Waals surface area contributed by atoms with Crippen molar-refractivity contribution in [2.45, 2.75) is 69.9 Å². The van der Waals surface area contributed by atoms with E-state index >= 15 is 0 Å². The van der Waals surface area contributed by atoms with Crippen LogP contribution in [0.15, 0.2) is 12.5 Å². The summed E-state index contributed by atoms with van der Waals surface area (Å²) in [5.41, 5.74) is 1.32. The van der Waals surface area contributed by atoms with E-state index in [-0.39, 0.29) is 5.60 Å². The third kappa shape index (κ3) is 2.70. The molecule has 1 saturated carbocycles. The van der Waals surface area contributed by atoms with Crippen LogP contribution in [-0.4, -0.2) is 53.0 Å². The number of nitrogens with zero attached hydrogens (tertiary/aromatic N) is 3. The highest BCUT2D eigenvalue weighted by Crippen LogP contribution is 2.43. The van der Waals surface area contributed by atoms with Gasteiger partial charge in [0.1, 0.15) is 0 Å². The quantitative estimate of drug-likeness (QED) is 0.838. The first-order valence-corrected chi connectivity index (χ1v) is 8.42. The van der Waals surface area contributed by atoms with Crippen LogP contribution in [0.3, 0.4) is 0 Å². The summed E-state index contributed by atoms with van der Waals surface area (Å²) in [6, 6.07) is 0.900. The van der Waals surface area contributed by atoms with E-state index in [9.17, 15) is 0 Å². The zero-order valence-electron chi connectivity index (χ0n) is 14.3. The Bertz CT molecular complexity index is 502. The van der Waals surface area contributed by atoms with Crippen molar-refractivity contribution in [2.75, 3.05) is 20.8 Å². The molecule has 2 aliphatic rings. The van der Waals surface area contributed by atoms with Gasteiger partial charge in [0.25, 0.3) is 0 Å². The molecule has 1 saturated heterocycles. The Labute approximate surface area is 133 Å². The van der Waals surface area contributed by atoms with Crippen molar-refractivity contribution in [1.82, 2.24) is 14.5 Å². The van der Waals surface area contributed by atoms with E-state index in [0.717, 1.165) is 38.8 Å². The fourth-order valence-corrected chi connectivity index (χ4v) is 4.29. The molecule has 5 heteroatoms. The molecule has 3 atom stereocenters. The van der Waals surface area contributed by atoms with Crippen LogP contribution >= 0.6 is 0 Å². The summed E-state index contributed by atoms with van der Waals surface area (Å²) in [5.74, 6) is 0. The Hall–Kier alpha value is -0.910. The SMILES string of the molecule is CO[C@H]1CC[C@@]2(OC)CCN(Cc3cncn3C(C)C)[C@H]2C1. The number of aromatic nitrogens is 2. The van der Waals surface area contributed by atoms with Gasteiger partial charge in [-0.3, -0.25) is 4.90 Å². The van der Waals surface area contributed by atoms with Crippen LogP contribution in [0.4, 0.5) is 0 Å². The number of hydrogen-bond acceptors (Lipinski definition) is 4. The number of ether oxygens (including phenoxy) is 2. The fourth-order valence-electron chi connectivity index (χ4n) is 4.29. The van der Waals surface area contributed by atoms with Gasteiger partial charge >= 0.3 is 0 Å². The highest BCUT2D eigenvalue weighted by molar-refractivity contribution is 5.08. The summed E-state index contributed by atoms with van der Waals surface area (Å²) >= 11 is 0. The van der Waals surface area contributed by atoms with Crippen molar-refractivity contribution in [3.63, 3.8) is 0 Å². The zero-order valence-corrected chi connectivity index (χ0v) is 14.3. The highest BCUT2D eigenvalue weighted by atomic mass is 16.5. The maximum atomic E-state index is 6.00. The highest BCUT2D eigenvalue weighted by Gasteiger charge is 2.51. The van der Waals surface area contributed by atoms with Crippen LogP contribution < -0.4 is 0 Å². The molecule has 3 rings (SSSR count). The van der Waals surface area contributed by atoms with Gasteiger partial charge in [-0.05, 0) is 39.5 Å². The fraction of sp³-hybridized carbons (Fsp3) is 0.824. The van der Waals surface area contributed by atoms with Crippen molar-refractivity contribution >= 4 is 0 Å². The minimum absolute atomic E-state index is 0.0255. The third-order valence-corrected chi connectivity index (χ3v) is 5.65. The molecule has 22 heavy (non-hydrogen) atoms. The second-order valence-corrected chi connectivity index (χ2v) is 7.02. The Balaban J connectivity index is 1.78. The monoisotopic (exact) mass is 307 g/mol. The van der Waals surface area contributed by atoms with Crippen LogP contribution in [0.5, 0.6) is 0 Å². The van der Waals surface area contributed by atoms with Gasteiger partial charge < -0.3 is 14.0 Å². The molecule has 1 aromatic heterocycles. The predicted octanol–water partition coefficient (Wildman–Crippen LogP) is 2.62. The molecule has 5 nitrogen and oxygen atoms in total. The standard InChI is InChI=1S/C17H29N3O2/c1-13(2)20-12-18-10-14(20)11-19-8-7-17(22-4)6-5-15(21-3)9-16(17)19/h10,12-13,15-16H,5-9,11H2,1-4H3/t15-,16-,17+/m0/s1. The number of rotatable bonds is 5. The summed E-state index contributed by atoms with van der Waals surface area (Å²) < 4.78 is 13.9. The van der Waals surface area contributed by atoms with Crippen LogP contribution in [0, 0.1) is 0 Å². The van der Waals surface area contributed by atoms with E-state index in [1.165, 1.54) is 5.69 Å². The molecule has 124 valence electrons. The summed E-state index contributed by atoms with van der Waals surface area (Å²) in [7, 11) is 3.71. The number of imidazole rings is 1. The van der Waals surface area contributed by atoms with Crippen molar-refractivity contribution in [3.8, 4) is 0 Å². The van der Waals surface area contributed by atoms with Gasteiger partial charge in [0.15, 0.2) is 0 Å². The first kappa shape index (κ1) is 16.0. The first-order valence-electron chi connectivity index (χ1n) is 8.42. The first-order chi connectivity index (χ1) is 10.6.